The summed E-state index contributed by atoms with van der Waals surface area (Å²) in [5.74, 6) is 0. The van der Waals surface area contributed by atoms with Gasteiger partial charge < -0.3 is 9.14 Å². The first-order chi connectivity index (χ1) is 9.78. The molecule has 1 aliphatic heterocycles. The first-order valence-electron chi connectivity index (χ1n) is 7.20. The maximum atomic E-state index is 12.3. The van der Waals surface area contributed by atoms with Crippen molar-refractivity contribution in [2.24, 2.45) is 0 Å². The third kappa shape index (κ3) is 2.26. The third-order valence-corrected chi connectivity index (χ3v) is 3.98. The fourth-order valence-electron chi connectivity index (χ4n) is 2.83. The highest BCUT2D eigenvalue weighted by Crippen LogP contribution is 2.31. The van der Waals surface area contributed by atoms with E-state index >= 15 is 0 Å². The van der Waals surface area contributed by atoms with E-state index in [1.807, 2.05) is 27.0 Å². The Labute approximate surface area is 124 Å². The third-order valence-electron chi connectivity index (χ3n) is 3.98. The van der Waals surface area contributed by atoms with Crippen LogP contribution in [0.3, 0.4) is 0 Å². The highest BCUT2D eigenvalue weighted by Gasteiger charge is 2.31. The first-order valence-corrected chi connectivity index (χ1v) is 7.20. The van der Waals surface area contributed by atoms with Gasteiger partial charge in [0.2, 0.25) is 0 Å². The minimum Gasteiger partial charge on any atom is -0.444 e. The number of ether oxygens (including phenoxy) is 1. The van der Waals surface area contributed by atoms with Crippen LogP contribution in [-0.2, 0) is 17.8 Å². The van der Waals surface area contributed by atoms with E-state index in [9.17, 15) is 4.79 Å². The zero-order valence-corrected chi connectivity index (χ0v) is 13.2. The molecule has 0 aliphatic carbocycles. The van der Waals surface area contributed by atoms with Crippen molar-refractivity contribution < 1.29 is 9.53 Å². The van der Waals surface area contributed by atoms with Crippen LogP contribution >= 0.6 is 0 Å². The highest BCUT2D eigenvalue weighted by atomic mass is 16.6. The van der Waals surface area contributed by atoms with E-state index in [0.29, 0.717) is 13.1 Å². The Morgan fingerprint density at radius 1 is 1.24 bits per heavy atom. The molecule has 2 aromatic rings. The van der Waals surface area contributed by atoms with Crippen molar-refractivity contribution in [2.75, 3.05) is 0 Å². The fourth-order valence-corrected chi connectivity index (χ4v) is 2.83. The number of fused-ring (bicyclic) bond motifs is 3. The molecule has 0 bridgehead atoms. The van der Waals surface area contributed by atoms with Crippen molar-refractivity contribution in [1.29, 1.82) is 0 Å². The van der Waals surface area contributed by atoms with Crippen LogP contribution in [0.1, 0.15) is 43.2 Å². The van der Waals surface area contributed by atoms with Crippen LogP contribution in [0.4, 0.5) is 4.79 Å². The Bertz CT molecular complexity index is 725. The number of carbonyl (C=O) groups excluding carboxylic acids is 1. The second-order valence-corrected chi connectivity index (χ2v) is 6.62. The van der Waals surface area contributed by atoms with E-state index in [2.05, 4.69) is 23.2 Å². The van der Waals surface area contributed by atoms with Gasteiger partial charge in [0.25, 0.3) is 0 Å². The van der Waals surface area contributed by atoms with Gasteiger partial charge in [0.1, 0.15) is 11.2 Å². The number of hydrogen-bond donors (Lipinski definition) is 0. The van der Waals surface area contributed by atoms with E-state index in [1.54, 1.807) is 11.1 Å². The Hall–Kier alpha value is -2.04. The summed E-state index contributed by atoms with van der Waals surface area (Å²) < 4.78 is 7.57. The number of nitrogens with zero attached hydrogens (tertiary/aromatic N) is 3. The van der Waals surface area contributed by atoms with Gasteiger partial charge in [-0.1, -0.05) is 0 Å². The molecule has 0 saturated carbocycles. The number of rotatable bonds is 0. The Kier molecular flexibility index (Phi) is 2.97. The lowest BCUT2D eigenvalue weighted by molar-refractivity contribution is 0.0242. The summed E-state index contributed by atoms with van der Waals surface area (Å²) in [4.78, 5) is 18.5. The van der Waals surface area contributed by atoms with E-state index in [4.69, 9.17) is 4.74 Å². The standard InChI is InChI=1S/C16H21N3O2/c1-10-11(2)19-7-6-17-14(19)13-9-18(8-12(10)13)15(20)21-16(3,4)5/h6-7H,8-9H2,1-5H3. The number of aromatic nitrogens is 2. The quantitative estimate of drug-likeness (QED) is 0.747. The SMILES string of the molecule is Cc1c2c(c3nccn3c1C)CN(C(=O)OC(C)(C)C)C2. The zero-order valence-electron chi connectivity index (χ0n) is 13.2. The second kappa shape index (κ2) is 4.48. The first kappa shape index (κ1) is 13.9. The van der Waals surface area contributed by atoms with Crippen LogP contribution in [0.2, 0.25) is 0 Å². The van der Waals surface area contributed by atoms with Crippen LogP contribution in [0.5, 0.6) is 0 Å². The molecular formula is C16H21N3O2. The molecule has 0 fully saturated rings. The minimum atomic E-state index is -0.473. The Balaban J connectivity index is 1.98. The molecule has 1 aliphatic rings. The van der Waals surface area contributed by atoms with Gasteiger partial charge in [0.15, 0.2) is 0 Å². The molecule has 1 amide bonds. The van der Waals surface area contributed by atoms with Gasteiger partial charge in [-0.2, -0.15) is 0 Å². The molecule has 0 unspecified atom stereocenters. The summed E-state index contributed by atoms with van der Waals surface area (Å²) in [6.07, 6.45) is 3.51. The number of pyridine rings is 1. The predicted molar refractivity (Wildman–Crippen MR) is 80.1 cm³/mol. The van der Waals surface area contributed by atoms with E-state index in [1.165, 1.54) is 16.8 Å². The normalized spacial score (nSPS) is 14.6. The summed E-state index contributed by atoms with van der Waals surface area (Å²) >= 11 is 0. The van der Waals surface area contributed by atoms with Gasteiger partial charge in [-0.3, -0.25) is 4.90 Å². The maximum Gasteiger partial charge on any atom is 0.410 e. The average molecular weight is 287 g/mol. The largest absolute Gasteiger partial charge is 0.444 e. The Morgan fingerprint density at radius 3 is 2.57 bits per heavy atom. The topological polar surface area (TPSA) is 46.8 Å². The van der Waals surface area contributed by atoms with Crippen molar-refractivity contribution >= 4 is 11.7 Å². The van der Waals surface area contributed by atoms with Crippen molar-refractivity contribution in [2.45, 2.75) is 53.3 Å². The lowest BCUT2D eigenvalue weighted by Crippen LogP contribution is -2.33. The monoisotopic (exact) mass is 287 g/mol. The molecule has 5 heteroatoms. The van der Waals surface area contributed by atoms with Crippen molar-refractivity contribution in [1.82, 2.24) is 14.3 Å². The van der Waals surface area contributed by atoms with E-state index in [-0.39, 0.29) is 6.09 Å². The second-order valence-electron chi connectivity index (χ2n) is 6.62. The lowest BCUT2D eigenvalue weighted by Gasteiger charge is -2.24. The predicted octanol–water partition coefficient (Wildman–Crippen LogP) is 3.20. The molecule has 3 heterocycles. The smallest absolute Gasteiger partial charge is 0.410 e. The molecule has 0 aromatic carbocycles. The summed E-state index contributed by atoms with van der Waals surface area (Å²) in [5.41, 5.74) is 5.21. The molecule has 0 saturated heterocycles. The van der Waals surface area contributed by atoms with Gasteiger partial charge in [-0.05, 0) is 45.7 Å². The molecule has 3 rings (SSSR count). The number of amides is 1. The van der Waals surface area contributed by atoms with Crippen LogP contribution in [0.15, 0.2) is 12.4 Å². The molecule has 5 nitrogen and oxygen atoms in total. The van der Waals surface area contributed by atoms with Crippen LogP contribution in [0.25, 0.3) is 5.65 Å². The van der Waals surface area contributed by atoms with Gasteiger partial charge >= 0.3 is 6.09 Å². The van der Waals surface area contributed by atoms with Crippen molar-refractivity contribution in [3.63, 3.8) is 0 Å². The average Bonchev–Trinajstić information content (AvgIpc) is 2.99. The lowest BCUT2D eigenvalue weighted by atomic mass is 10.0. The number of imidazole rings is 1. The van der Waals surface area contributed by atoms with Gasteiger partial charge in [0.05, 0.1) is 13.1 Å². The molecule has 112 valence electrons. The summed E-state index contributed by atoms with van der Waals surface area (Å²) in [6, 6.07) is 0. The zero-order chi connectivity index (χ0) is 15.4. The van der Waals surface area contributed by atoms with Gasteiger partial charge in [0, 0.05) is 23.7 Å². The van der Waals surface area contributed by atoms with Crippen LogP contribution in [0, 0.1) is 13.8 Å². The molecule has 0 radical (unpaired) electrons. The fraction of sp³-hybridized carbons (Fsp3) is 0.500. The van der Waals surface area contributed by atoms with Crippen LogP contribution < -0.4 is 0 Å². The molecular weight excluding hydrogens is 266 g/mol. The maximum absolute atomic E-state index is 12.3. The number of carbonyl (C=O) groups is 1. The molecule has 0 spiro atoms. The molecule has 21 heavy (non-hydrogen) atoms. The summed E-state index contributed by atoms with van der Waals surface area (Å²) in [5, 5.41) is 0. The van der Waals surface area contributed by atoms with Crippen LogP contribution in [-0.4, -0.2) is 26.0 Å². The summed E-state index contributed by atoms with van der Waals surface area (Å²) in [6.45, 7) is 11.0. The molecule has 2 aromatic heterocycles. The molecule has 0 N–H and O–H groups in total. The number of hydrogen-bond acceptors (Lipinski definition) is 3. The molecule has 0 atom stereocenters. The Morgan fingerprint density at radius 2 is 1.90 bits per heavy atom. The van der Waals surface area contributed by atoms with E-state index in [0.717, 1.165) is 11.2 Å². The highest BCUT2D eigenvalue weighted by molar-refractivity contribution is 5.71. The van der Waals surface area contributed by atoms with Crippen molar-refractivity contribution in [3.8, 4) is 0 Å². The number of aryl methyl sites for hydroxylation is 1. The van der Waals surface area contributed by atoms with E-state index < -0.39 is 5.60 Å². The van der Waals surface area contributed by atoms with Crippen molar-refractivity contribution in [3.05, 3.63) is 34.8 Å². The minimum absolute atomic E-state index is 0.263. The summed E-state index contributed by atoms with van der Waals surface area (Å²) in [7, 11) is 0. The van der Waals surface area contributed by atoms with Gasteiger partial charge in [-0.15, -0.1) is 0 Å². The van der Waals surface area contributed by atoms with Gasteiger partial charge in [-0.25, -0.2) is 9.78 Å².